The molecule has 2 aromatic rings. The van der Waals surface area contributed by atoms with Gasteiger partial charge in [0.2, 0.25) is 0 Å². The smallest absolute Gasteiger partial charge is 0.105 e. The van der Waals surface area contributed by atoms with Gasteiger partial charge in [0.15, 0.2) is 0 Å². The highest BCUT2D eigenvalue weighted by atomic mass is 14.9. The average molecular weight is 217 g/mol. The molecule has 0 aliphatic rings. The Kier molecular flexibility index (Phi) is 6.72. The third-order valence-corrected chi connectivity index (χ3v) is 2.14. The van der Waals surface area contributed by atoms with E-state index in [1.165, 1.54) is 19.3 Å². The first kappa shape index (κ1) is 12.4. The Balaban J connectivity index is 0.000000181. The molecule has 0 amide bonds. The number of aromatic nitrogens is 3. The summed E-state index contributed by atoms with van der Waals surface area (Å²) in [5, 5.41) is 0. The summed E-state index contributed by atoms with van der Waals surface area (Å²) in [5.41, 5.74) is 0. The van der Waals surface area contributed by atoms with Crippen LogP contribution in [-0.2, 0) is 6.42 Å². The lowest BCUT2D eigenvalue weighted by atomic mass is 10.2. The van der Waals surface area contributed by atoms with Crippen molar-refractivity contribution in [3.8, 4) is 0 Å². The van der Waals surface area contributed by atoms with Crippen molar-refractivity contribution in [3.05, 3.63) is 48.8 Å². The van der Waals surface area contributed by atoms with Crippen molar-refractivity contribution in [2.24, 2.45) is 0 Å². The first-order valence-corrected chi connectivity index (χ1v) is 5.76. The fourth-order valence-electron chi connectivity index (χ4n) is 1.29. The summed E-state index contributed by atoms with van der Waals surface area (Å²) < 4.78 is 0. The summed E-state index contributed by atoms with van der Waals surface area (Å²) in [6.07, 6.45) is 12.1. The number of imidazole rings is 1. The Morgan fingerprint density at radius 2 is 1.88 bits per heavy atom. The molecule has 0 spiro atoms. The second-order valence-corrected chi connectivity index (χ2v) is 3.52. The van der Waals surface area contributed by atoms with E-state index in [1.54, 1.807) is 18.6 Å². The fraction of sp³-hybridized carbons (Fsp3) is 0.385. The highest BCUT2D eigenvalue weighted by Gasteiger charge is 1.91. The number of aryl methyl sites for hydroxylation is 1. The highest BCUT2D eigenvalue weighted by Crippen LogP contribution is 2.00. The van der Waals surface area contributed by atoms with Gasteiger partial charge in [0.05, 0.1) is 0 Å². The van der Waals surface area contributed by atoms with Gasteiger partial charge < -0.3 is 4.98 Å². The molecule has 2 aromatic heterocycles. The number of pyridine rings is 1. The zero-order valence-corrected chi connectivity index (χ0v) is 9.76. The Morgan fingerprint density at radius 1 is 1.06 bits per heavy atom. The van der Waals surface area contributed by atoms with Gasteiger partial charge in [-0.25, -0.2) is 4.98 Å². The topological polar surface area (TPSA) is 41.6 Å². The van der Waals surface area contributed by atoms with Crippen molar-refractivity contribution >= 4 is 0 Å². The molecule has 16 heavy (non-hydrogen) atoms. The average Bonchev–Trinajstić information content (AvgIpc) is 2.86. The molecule has 0 saturated carbocycles. The fourth-order valence-corrected chi connectivity index (χ4v) is 1.29. The Bertz CT molecular complexity index is 303. The van der Waals surface area contributed by atoms with Crippen LogP contribution in [0.5, 0.6) is 0 Å². The van der Waals surface area contributed by atoms with Crippen LogP contribution in [0.25, 0.3) is 0 Å². The summed E-state index contributed by atoms with van der Waals surface area (Å²) in [6.45, 7) is 2.21. The molecule has 2 rings (SSSR count). The van der Waals surface area contributed by atoms with E-state index < -0.39 is 0 Å². The molecule has 2 heterocycles. The van der Waals surface area contributed by atoms with Crippen LogP contribution in [0.2, 0.25) is 0 Å². The number of unbranched alkanes of at least 4 members (excludes halogenated alkanes) is 2. The normalized spacial score (nSPS) is 9.31. The minimum atomic E-state index is 1.10. The minimum Gasteiger partial charge on any atom is -0.349 e. The van der Waals surface area contributed by atoms with E-state index in [4.69, 9.17) is 0 Å². The van der Waals surface area contributed by atoms with Gasteiger partial charge in [-0.05, 0) is 18.6 Å². The van der Waals surface area contributed by atoms with Gasteiger partial charge in [-0.2, -0.15) is 0 Å². The molecule has 3 nitrogen and oxygen atoms in total. The molecule has 86 valence electrons. The molecule has 0 atom stereocenters. The largest absolute Gasteiger partial charge is 0.349 e. The van der Waals surface area contributed by atoms with Gasteiger partial charge in [-0.3, -0.25) is 4.98 Å². The van der Waals surface area contributed by atoms with E-state index in [-0.39, 0.29) is 0 Å². The van der Waals surface area contributed by atoms with E-state index in [1.807, 2.05) is 24.4 Å². The maximum absolute atomic E-state index is 4.13. The Labute approximate surface area is 97.0 Å². The molecular weight excluding hydrogens is 198 g/mol. The summed E-state index contributed by atoms with van der Waals surface area (Å²) >= 11 is 0. The van der Waals surface area contributed by atoms with Gasteiger partial charge in [0, 0.05) is 31.2 Å². The molecule has 0 radical (unpaired) electrons. The molecule has 0 aliphatic heterocycles. The molecular formula is C13H19N3. The molecule has 1 N–H and O–H groups in total. The first-order chi connectivity index (χ1) is 7.93. The first-order valence-electron chi connectivity index (χ1n) is 5.76. The van der Waals surface area contributed by atoms with Gasteiger partial charge in [-0.1, -0.05) is 25.8 Å². The second kappa shape index (κ2) is 8.65. The number of rotatable bonds is 4. The predicted octanol–water partition coefficient (Wildman–Crippen LogP) is 3.22. The van der Waals surface area contributed by atoms with Crippen molar-refractivity contribution in [1.82, 2.24) is 15.0 Å². The Morgan fingerprint density at radius 3 is 2.31 bits per heavy atom. The lowest BCUT2D eigenvalue weighted by Crippen LogP contribution is -1.86. The lowest BCUT2D eigenvalue weighted by Gasteiger charge is -1.93. The standard InChI is InChI=1S/C8H14N2.C5H5N/c1-2-3-4-5-8-9-6-7-10-8;1-2-4-6-5-3-1/h6-7H,2-5H2,1H3,(H,9,10);1-5H. The van der Waals surface area contributed by atoms with Gasteiger partial charge in [-0.15, -0.1) is 0 Å². The van der Waals surface area contributed by atoms with Crippen LogP contribution < -0.4 is 0 Å². The van der Waals surface area contributed by atoms with Crippen molar-refractivity contribution in [2.75, 3.05) is 0 Å². The van der Waals surface area contributed by atoms with Gasteiger partial charge in [0.25, 0.3) is 0 Å². The van der Waals surface area contributed by atoms with Crippen molar-refractivity contribution in [3.63, 3.8) is 0 Å². The summed E-state index contributed by atoms with van der Waals surface area (Å²) in [6, 6.07) is 5.72. The monoisotopic (exact) mass is 217 g/mol. The number of nitrogens with one attached hydrogen (secondary N) is 1. The Hall–Kier alpha value is -1.64. The second-order valence-electron chi connectivity index (χ2n) is 3.52. The number of H-pyrrole nitrogens is 1. The number of hydrogen-bond donors (Lipinski definition) is 1. The van der Waals surface area contributed by atoms with Crippen LogP contribution in [0.15, 0.2) is 43.0 Å². The van der Waals surface area contributed by atoms with Crippen LogP contribution in [0.1, 0.15) is 32.0 Å². The maximum Gasteiger partial charge on any atom is 0.105 e. The molecule has 0 unspecified atom stereocenters. The minimum absolute atomic E-state index is 1.10. The number of aromatic amines is 1. The molecule has 0 saturated heterocycles. The quantitative estimate of drug-likeness (QED) is 0.799. The van der Waals surface area contributed by atoms with Crippen LogP contribution in [0.3, 0.4) is 0 Å². The molecule has 0 aliphatic carbocycles. The van der Waals surface area contributed by atoms with Crippen LogP contribution in [0.4, 0.5) is 0 Å². The van der Waals surface area contributed by atoms with E-state index >= 15 is 0 Å². The molecule has 0 fully saturated rings. The van der Waals surface area contributed by atoms with Crippen molar-refractivity contribution in [2.45, 2.75) is 32.6 Å². The molecule has 3 heteroatoms. The van der Waals surface area contributed by atoms with Gasteiger partial charge >= 0.3 is 0 Å². The highest BCUT2D eigenvalue weighted by molar-refractivity contribution is 4.88. The van der Waals surface area contributed by atoms with E-state index in [0.717, 1.165) is 12.2 Å². The zero-order chi connectivity index (χ0) is 11.5. The van der Waals surface area contributed by atoms with E-state index in [9.17, 15) is 0 Å². The van der Waals surface area contributed by atoms with Crippen LogP contribution >= 0.6 is 0 Å². The van der Waals surface area contributed by atoms with Gasteiger partial charge in [0.1, 0.15) is 5.82 Å². The number of nitrogens with zero attached hydrogens (tertiary/aromatic N) is 2. The van der Waals surface area contributed by atoms with Crippen LogP contribution in [-0.4, -0.2) is 15.0 Å². The third kappa shape index (κ3) is 5.96. The van der Waals surface area contributed by atoms with Crippen LogP contribution in [0, 0.1) is 0 Å². The molecule has 0 aromatic carbocycles. The summed E-state index contributed by atoms with van der Waals surface area (Å²) in [7, 11) is 0. The molecule has 0 bridgehead atoms. The van der Waals surface area contributed by atoms with Crippen molar-refractivity contribution in [1.29, 1.82) is 0 Å². The lowest BCUT2D eigenvalue weighted by molar-refractivity contribution is 0.699. The summed E-state index contributed by atoms with van der Waals surface area (Å²) in [5.74, 6) is 1.12. The number of hydrogen-bond acceptors (Lipinski definition) is 2. The third-order valence-electron chi connectivity index (χ3n) is 2.14. The maximum atomic E-state index is 4.13. The van der Waals surface area contributed by atoms with E-state index in [0.29, 0.717) is 0 Å². The van der Waals surface area contributed by atoms with E-state index in [2.05, 4.69) is 21.9 Å². The SMILES string of the molecule is CCCCCc1ncc[nH]1.c1ccncc1. The summed E-state index contributed by atoms with van der Waals surface area (Å²) in [4.78, 5) is 11.0. The zero-order valence-electron chi connectivity index (χ0n) is 9.76. The predicted molar refractivity (Wildman–Crippen MR) is 66.1 cm³/mol. The van der Waals surface area contributed by atoms with Crippen molar-refractivity contribution < 1.29 is 0 Å².